The van der Waals surface area contributed by atoms with Crippen molar-refractivity contribution in [3.05, 3.63) is 11.6 Å². The second kappa shape index (κ2) is 4.13. The fourth-order valence-corrected chi connectivity index (χ4v) is 4.41. The first-order valence-electron chi connectivity index (χ1n) is 6.65. The molecule has 0 saturated heterocycles. The van der Waals surface area contributed by atoms with Crippen LogP contribution in [0.15, 0.2) is 11.6 Å². The Hall–Kier alpha value is 0.0300. The molecule has 2 fully saturated rings. The van der Waals surface area contributed by atoms with Gasteiger partial charge < -0.3 is 0 Å². The zero-order chi connectivity index (χ0) is 10.3. The van der Waals surface area contributed by atoms with E-state index in [-0.39, 0.29) is 0 Å². The fraction of sp³-hybridized carbons (Fsp3) is 0.857. The predicted octanol–water partition coefficient (Wildman–Crippen LogP) is 4.53. The van der Waals surface area contributed by atoms with Gasteiger partial charge in [0.25, 0.3) is 0 Å². The highest BCUT2D eigenvalue weighted by Gasteiger charge is 2.39. The number of hydrogen-bond acceptors (Lipinski definition) is 0. The number of rotatable bonds is 2. The van der Waals surface area contributed by atoms with Crippen molar-refractivity contribution in [2.24, 2.45) is 17.8 Å². The second-order valence-corrected chi connectivity index (χ2v) is 6.43. The van der Waals surface area contributed by atoms with Gasteiger partial charge in [0.15, 0.2) is 0 Å². The van der Waals surface area contributed by atoms with Gasteiger partial charge in [0.05, 0.1) is 5.38 Å². The van der Waals surface area contributed by atoms with Crippen LogP contribution in [0.2, 0.25) is 0 Å². The molecule has 1 heteroatoms. The number of halogens is 1. The van der Waals surface area contributed by atoms with Gasteiger partial charge >= 0.3 is 0 Å². The molecule has 0 radical (unpaired) electrons. The van der Waals surface area contributed by atoms with Gasteiger partial charge in [0.2, 0.25) is 0 Å². The average Bonchev–Trinajstić information content (AvgIpc) is 2.79. The molecule has 3 aliphatic rings. The highest BCUT2D eigenvalue weighted by molar-refractivity contribution is 6.21. The molecule has 0 aromatic carbocycles. The van der Waals surface area contributed by atoms with Crippen LogP contribution in [0.5, 0.6) is 0 Å². The predicted molar refractivity (Wildman–Crippen MR) is 65.1 cm³/mol. The Balaban J connectivity index is 1.61. The third-order valence-electron chi connectivity index (χ3n) is 4.80. The van der Waals surface area contributed by atoms with Crippen LogP contribution in [0, 0.1) is 17.8 Å². The molecule has 0 heterocycles. The molecule has 0 aliphatic heterocycles. The standard InChI is InChI=1S/C14H21Cl/c15-14-3-1-2-10(9-14)7-13-8-11-4-5-12(13)6-11/h9,11-14H,1-8H2. The molecule has 3 rings (SSSR count). The van der Waals surface area contributed by atoms with Gasteiger partial charge in [0.1, 0.15) is 0 Å². The number of fused-ring (bicyclic) bond motifs is 2. The van der Waals surface area contributed by atoms with E-state index in [9.17, 15) is 0 Å². The Morgan fingerprint density at radius 2 is 2.13 bits per heavy atom. The van der Waals surface area contributed by atoms with Crippen molar-refractivity contribution in [3.63, 3.8) is 0 Å². The van der Waals surface area contributed by atoms with Crippen LogP contribution >= 0.6 is 11.6 Å². The van der Waals surface area contributed by atoms with Crippen LogP contribution < -0.4 is 0 Å². The highest BCUT2D eigenvalue weighted by Crippen LogP contribution is 2.50. The maximum absolute atomic E-state index is 6.20. The van der Waals surface area contributed by atoms with Crippen LogP contribution in [-0.4, -0.2) is 5.38 Å². The summed E-state index contributed by atoms with van der Waals surface area (Å²) in [5, 5.41) is 0.340. The Kier molecular flexibility index (Phi) is 2.81. The molecular formula is C14H21Cl. The third-order valence-corrected chi connectivity index (χ3v) is 5.15. The van der Waals surface area contributed by atoms with Crippen molar-refractivity contribution < 1.29 is 0 Å². The summed E-state index contributed by atoms with van der Waals surface area (Å²) in [6, 6.07) is 0. The van der Waals surface area contributed by atoms with Gasteiger partial charge in [-0.3, -0.25) is 0 Å². The molecule has 2 saturated carbocycles. The van der Waals surface area contributed by atoms with Crippen molar-refractivity contribution in [3.8, 4) is 0 Å². The average molecular weight is 225 g/mol. The van der Waals surface area contributed by atoms with E-state index in [4.69, 9.17) is 11.6 Å². The molecule has 0 aromatic heterocycles. The summed E-state index contributed by atoms with van der Waals surface area (Å²) in [4.78, 5) is 0. The van der Waals surface area contributed by atoms with Gasteiger partial charge in [-0.2, -0.15) is 0 Å². The molecule has 15 heavy (non-hydrogen) atoms. The lowest BCUT2D eigenvalue weighted by molar-refractivity contribution is 0.327. The zero-order valence-corrected chi connectivity index (χ0v) is 10.2. The number of alkyl halides is 1. The van der Waals surface area contributed by atoms with Crippen molar-refractivity contribution in [2.45, 2.75) is 56.7 Å². The first-order chi connectivity index (χ1) is 7.31. The maximum atomic E-state index is 6.20. The summed E-state index contributed by atoms with van der Waals surface area (Å²) < 4.78 is 0. The summed E-state index contributed by atoms with van der Waals surface area (Å²) in [7, 11) is 0. The molecule has 0 amide bonds. The SMILES string of the molecule is ClC1C=C(CC2CC3CCC2C3)CCC1. The third kappa shape index (κ3) is 2.11. The smallest absolute Gasteiger partial charge is 0.0518 e. The molecule has 4 atom stereocenters. The quantitative estimate of drug-likeness (QED) is 0.478. The second-order valence-electron chi connectivity index (χ2n) is 5.87. The Labute approximate surface area is 98.1 Å². The van der Waals surface area contributed by atoms with Crippen LogP contribution in [0.25, 0.3) is 0 Å². The minimum atomic E-state index is 0.340. The van der Waals surface area contributed by atoms with E-state index >= 15 is 0 Å². The van der Waals surface area contributed by atoms with Crippen molar-refractivity contribution in [1.82, 2.24) is 0 Å². The molecule has 84 valence electrons. The lowest BCUT2D eigenvalue weighted by Gasteiger charge is -2.25. The molecule has 2 bridgehead atoms. The lowest BCUT2D eigenvalue weighted by atomic mass is 9.82. The Morgan fingerprint density at radius 1 is 1.20 bits per heavy atom. The largest absolute Gasteiger partial charge is 0.118 e. The highest BCUT2D eigenvalue weighted by atomic mass is 35.5. The van der Waals surface area contributed by atoms with E-state index in [1.807, 2.05) is 0 Å². The number of hydrogen-bond donors (Lipinski definition) is 0. The summed E-state index contributed by atoms with van der Waals surface area (Å²) in [5.74, 6) is 3.19. The minimum Gasteiger partial charge on any atom is -0.118 e. The molecule has 4 unspecified atom stereocenters. The topological polar surface area (TPSA) is 0 Å². The maximum Gasteiger partial charge on any atom is 0.0518 e. The molecule has 0 aromatic rings. The molecule has 0 spiro atoms. The summed E-state index contributed by atoms with van der Waals surface area (Å²) in [6.07, 6.45) is 13.7. The van der Waals surface area contributed by atoms with Crippen molar-refractivity contribution in [1.29, 1.82) is 0 Å². The molecule has 3 aliphatic carbocycles. The van der Waals surface area contributed by atoms with E-state index in [0.29, 0.717) is 5.38 Å². The molecule has 0 nitrogen and oxygen atoms in total. The van der Waals surface area contributed by atoms with Crippen molar-refractivity contribution >= 4 is 11.6 Å². The fourth-order valence-electron chi connectivity index (χ4n) is 4.08. The number of allylic oxidation sites excluding steroid dienone is 2. The first kappa shape index (κ1) is 10.2. The molecular weight excluding hydrogens is 204 g/mol. The van der Waals surface area contributed by atoms with Crippen LogP contribution in [0.4, 0.5) is 0 Å². The summed E-state index contributed by atoms with van der Waals surface area (Å²) >= 11 is 6.20. The van der Waals surface area contributed by atoms with Crippen molar-refractivity contribution in [2.75, 3.05) is 0 Å². The van der Waals surface area contributed by atoms with E-state index in [0.717, 1.165) is 17.8 Å². The molecule has 0 N–H and O–H groups in total. The van der Waals surface area contributed by atoms with Gasteiger partial charge in [-0.05, 0) is 62.7 Å². The van der Waals surface area contributed by atoms with Crippen LogP contribution in [0.1, 0.15) is 51.4 Å². The van der Waals surface area contributed by atoms with Gasteiger partial charge in [-0.25, -0.2) is 0 Å². The normalized spacial score (nSPS) is 44.5. The first-order valence-corrected chi connectivity index (χ1v) is 7.08. The summed E-state index contributed by atoms with van der Waals surface area (Å²) in [6.45, 7) is 0. The lowest BCUT2D eigenvalue weighted by Crippen LogP contribution is -2.13. The zero-order valence-electron chi connectivity index (χ0n) is 9.42. The van der Waals surface area contributed by atoms with E-state index < -0.39 is 0 Å². The van der Waals surface area contributed by atoms with E-state index in [1.54, 1.807) is 12.0 Å². The van der Waals surface area contributed by atoms with Crippen LogP contribution in [-0.2, 0) is 0 Å². The van der Waals surface area contributed by atoms with Gasteiger partial charge in [0, 0.05) is 0 Å². The summed E-state index contributed by atoms with van der Waals surface area (Å²) in [5.41, 5.74) is 1.68. The Morgan fingerprint density at radius 3 is 2.80 bits per heavy atom. The van der Waals surface area contributed by atoms with Gasteiger partial charge in [-0.1, -0.05) is 18.1 Å². The van der Waals surface area contributed by atoms with E-state index in [2.05, 4.69) is 6.08 Å². The van der Waals surface area contributed by atoms with Crippen LogP contribution in [0.3, 0.4) is 0 Å². The van der Waals surface area contributed by atoms with E-state index in [1.165, 1.54) is 44.9 Å². The minimum absolute atomic E-state index is 0.340. The Bertz CT molecular complexity index is 269. The van der Waals surface area contributed by atoms with Gasteiger partial charge in [-0.15, -0.1) is 11.6 Å². The monoisotopic (exact) mass is 224 g/mol.